The fourth-order valence-electron chi connectivity index (χ4n) is 3.03. The second-order valence-corrected chi connectivity index (χ2v) is 9.80. The number of anilines is 2. The average molecular weight is 560 g/mol. The Morgan fingerprint density at radius 2 is 1.59 bits per heavy atom. The van der Waals surface area contributed by atoms with Gasteiger partial charge in [0.1, 0.15) is 17.4 Å². The third-order valence-electron chi connectivity index (χ3n) is 4.67. The molecule has 2 atom stereocenters. The first-order valence-electron chi connectivity index (χ1n) is 9.31. The van der Waals surface area contributed by atoms with Gasteiger partial charge in [0.15, 0.2) is 0 Å². The number of amidine groups is 1. The van der Waals surface area contributed by atoms with Crippen molar-refractivity contribution in [2.45, 2.75) is 21.5 Å². The number of amides is 3. The predicted octanol–water partition coefficient (Wildman–Crippen LogP) is 6.06. The third-order valence-corrected chi connectivity index (χ3v) is 6.27. The van der Waals surface area contributed by atoms with Crippen molar-refractivity contribution in [2.24, 2.45) is 4.99 Å². The van der Waals surface area contributed by atoms with Crippen LogP contribution in [0.1, 0.15) is 5.56 Å². The van der Waals surface area contributed by atoms with Crippen LogP contribution in [0.4, 0.5) is 33.7 Å². The fourth-order valence-corrected chi connectivity index (χ4v) is 3.51. The van der Waals surface area contributed by atoms with Gasteiger partial charge in [0.25, 0.3) is 5.91 Å². The van der Waals surface area contributed by atoms with Gasteiger partial charge in [0.05, 0.1) is 11.3 Å². The molecule has 0 aromatic heterocycles. The molecule has 2 aromatic carbocycles. The largest absolute Gasteiger partial charge is 0.418 e. The highest BCUT2D eigenvalue weighted by molar-refractivity contribution is 6.70. The molecule has 14 heteroatoms. The van der Waals surface area contributed by atoms with Gasteiger partial charge in [0.2, 0.25) is 9.63 Å². The molecule has 0 bridgehead atoms. The van der Waals surface area contributed by atoms with Crippen LogP contribution in [0.5, 0.6) is 0 Å². The van der Waals surface area contributed by atoms with E-state index in [0.717, 1.165) is 31.3 Å². The van der Waals surface area contributed by atoms with Gasteiger partial charge in [-0.2, -0.15) is 13.2 Å². The summed E-state index contributed by atoms with van der Waals surface area (Å²) in [5.41, 5.74) is -1.88. The van der Waals surface area contributed by atoms with E-state index in [1.54, 1.807) is 0 Å². The minimum atomic E-state index is -4.76. The van der Waals surface area contributed by atoms with Crippen molar-refractivity contribution in [3.05, 3.63) is 59.9 Å². The van der Waals surface area contributed by atoms with Crippen molar-refractivity contribution in [1.29, 1.82) is 0 Å². The number of imide groups is 1. The summed E-state index contributed by atoms with van der Waals surface area (Å²) in [7, 11) is 1.12. The number of rotatable bonds is 5. The van der Waals surface area contributed by atoms with E-state index in [0.29, 0.717) is 9.80 Å². The highest BCUT2D eigenvalue weighted by Gasteiger charge is 2.45. The molecule has 2 unspecified atom stereocenters. The summed E-state index contributed by atoms with van der Waals surface area (Å²) >= 11 is 23.8. The molecule has 0 spiro atoms. The number of nitrogens with zero attached hydrogens (tertiary/aromatic N) is 3. The summed E-state index contributed by atoms with van der Waals surface area (Å²) in [6, 6.07) is 8.43. The normalized spacial score (nSPS) is 18.0. The molecule has 1 fully saturated rings. The summed E-state index contributed by atoms with van der Waals surface area (Å²) in [4.78, 5) is 30.8. The third kappa shape index (κ3) is 5.35. The number of likely N-dealkylation sites (N-methyl/N-ethyl adjacent to an activating group) is 1. The summed E-state index contributed by atoms with van der Waals surface area (Å²) in [5, 5.41) is 0.792. The van der Waals surface area contributed by atoms with Crippen LogP contribution >= 0.6 is 46.4 Å². The Balaban J connectivity index is 2.15. The van der Waals surface area contributed by atoms with E-state index < -0.39 is 56.4 Å². The summed E-state index contributed by atoms with van der Waals surface area (Å²) in [6.45, 7) is 0. The lowest BCUT2D eigenvalue weighted by molar-refractivity contribution is -0.137. The maximum absolute atomic E-state index is 14.4. The highest BCUT2D eigenvalue weighted by Crippen LogP contribution is 2.40. The van der Waals surface area contributed by atoms with E-state index in [4.69, 9.17) is 46.4 Å². The van der Waals surface area contributed by atoms with Crippen LogP contribution in [-0.4, -0.2) is 45.1 Å². The lowest BCUT2D eigenvalue weighted by Crippen LogP contribution is -2.41. The summed E-state index contributed by atoms with van der Waals surface area (Å²) in [5.74, 6) is -2.47. The van der Waals surface area contributed by atoms with Crippen molar-refractivity contribution < 1.29 is 27.2 Å². The van der Waals surface area contributed by atoms with E-state index in [1.165, 1.54) is 24.3 Å². The summed E-state index contributed by atoms with van der Waals surface area (Å²) in [6.07, 6.45) is -6.44. The summed E-state index contributed by atoms with van der Waals surface area (Å²) < 4.78 is 52.6. The molecule has 34 heavy (non-hydrogen) atoms. The maximum atomic E-state index is 14.4. The van der Waals surface area contributed by atoms with Crippen LogP contribution in [0.3, 0.4) is 0 Å². The van der Waals surface area contributed by atoms with Gasteiger partial charge in [-0.05, 0) is 24.3 Å². The van der Waals surface area contributed by atoms with Gasteiger partial charge in [-0.3, -0.25) is 9.69 Å². The average Bonchev–Trinajstić information content (AvgIpc) is 2.95. The van der Waals surface area contributed by atoms with Gasteiger partial charge >= 0.3 is 12.2 Å². The van der Waals surface area contributed by atoms with E-state index in [2.05, 4.69) is 10.3 Å². The van der Waals surface area contributed by atoms with Crippen LogP contribution in [0, 0.1) is 5.82 Å². The smallest absolute Gasteiger partial charge is 0.362 e. The topological polar surface area (TPSA) is 65.0 Å². The molecule has 1 aliphatic rings. The number of para-hydroxylation sites is 2. The van der Waals surface area contributed by atoms with Crippen molar-refractivity contribution in [3.63, 3.8) is 0 Å². The number of carbonyl (C=O) groups excluding carboxylic acids is 2. The number of benzene rings is 2. The first kappa shape index (κ1) is 26.3. The number of hydrogen-bond donors (Lipinski definition) is 1. The molecule has 6 nitrogen and oxygen atoms in total. The molecule has 1 saturated heterocycles. The van der Waals surface area contributed by atoms with Gasteiger partial charge in [-0.1, -0.05) is 59.1 Å². The molecule has 182 valence electrons. The molecular weight excluding hydrogens is 546 g/mol. The Hall–Kier alpha value is -2.27. The fraction of sp³-hybridized carbons (Fsp3) is 0.250. The van der Waals surface area contributed by atoms with E-state index in [-0.39, 0.29) is 5.69 Å². The van der Waals surface area contributed by atoms with Crippen molar-refractivity contribution in [1.82, 2.24) is 4.90 Å². The minimum absolute atomic E-state index is 0.321. The number of hydrogen-bond acceptors (Lipinski definition) is 4. The van der Waals surface area contributed by atoms with Crippen molar-refractivity contribution in [2.75, 3.05) is 17.3 Å². The number of aliphatic imine (C=N–C) groups is 1. The minimum Gasteiger partial charge on any atom is -0.362 e. The standard InChI is InChI=1S/C20H14Cl4F4N4O2/c1-31-17(33)16(32(18(31)34)13-9-5-3-7-11(13)25)30-15(14(21)19(22,23)24)29-12-8-4-2-6-10(12)20(26,27)28/h2-9,14-15,29H,1H3. The molecular formula is C20H14Cl4F4N4O2. The highest BCUT2D eigenvalue weighted by atomic mass is 35.6. The zero-order valence-electron chi connectivity index (χ0n) is 17.0. The monoisotopic (exact) mass is 558 g/mol. The molecule has 0 saturated carbocycles. The Bertz CT molecular complexity index is 1140. The molecule has 1 aliphatic heterocycles. The second kappa shape index (κ2) is 9.77. The molecule has 0 radical (unpaired) electrons. The van der Waals surface area contributed by atoms with E-state index >= 15 is 0 Å². The van der Waals surface area contributed by atoms with Gasteiger partial charge in [-0.25, -0.2) is 19.1 Å². The second-order valence-electron chi connectivity index (χ2n) is 6.96. The molecule has 3 rings (SSSR count). The van der Waals surface area contributed by atoms with Crippen LogP contribution in [0.2, 0.25) is 0 Å². The Kier molecular flexibility index (Phi) is 7.57. The van der Waals surface area contributed by atoms with E-state index in [1.807, 2.05) is 0 Å². The zero-order valence-corrected chi connectivity index (χ0v) is 20.0. The van der Waals surface area contributed by atoms with Crippen LogP contribution in [0.15, 0.2) is 53.5 Å². The lowest BCUT2D eigenvalue weighted by Gasteiger charge is -2.28. The predicted molar refractivity (Wildman–Crippen MR) is 123 cm³/mol. The molecule has 1 N–H and O–H groups in total. The Morgan fingerprint density at radius 3 is 2.18 bits per heavy atom. The Morgan fingerprint density at radius 1 is 1.00 bits per heavy atom. The van der Waals surface area contributed by atoms with Crippen molar-refractivity contribution in [3.8, 4) is 0 Å². The first-order valence-corrected chi connectivity index (χ1v) is 10.9. The quantitative estimate of drug-likeness (QED) is 0.275. The number of urea groups is 1. The van der Waals surface area contributed by atoms with Crippen molar-refractivity contribution >= 4 is 75.6 Å². The molecule has 3 amide bonds. The number of nitrogens with one attached hydrogen (secondary N) is 1. The molecule has 1 heterocycles. The van der Waals surface area contributed by atoms with Gasteiger partial charge in [-0.15, -0.1) is 11.6 Å². The number of carbonyl (C=O) groups is 2. The van der Waals surface area contributed by atoms with Gasteiger partial charge in [0, 0.05) is 12.7 Å². The Labute approximate surface area is 211 Å². The van der Waals surface area contributed by atoms with Crippen LogP contribution < -0.4 is 10.2 Å². The van der Waals surface area contributed by atoms with Crippen LogP contribution in [-0.2, 0) is 11.0 Å². The van der Waals surface area contributed by atoms with Gasteiger partial charge < -0.3 is 5.32 Å². The molecule has 2 aromatic rings. The van der Waals surface area contributed by atoms with E-state index in [9.17, 15) is 27.2 Å². The lowest BCUT2D eigenvalue weighted by atomic mass is 10.1. The first-order chi connectivity index (χ1) is 15.7. The van der Waals surface area contributed by atoms with Crippen LogP contribution in [0.25, 0.3) is 0 Å². The SMILES string of the molecule is CN1C(=O)C(=NC(Nc2ccccc2C(F)(F)F)C(Cl)C(Cl)(Cl)Cl)N(c2ccccc2F)C1=O. The maximum Gasteiger partial charge on any atom is 0.418 e. The number of alkyl halides is 7. The molecule has 0 aliphatic carbocycles. The zero-order chi connectivity index (χ0) is 25.4. The number of halogens is 8.